The lowest BCUT2D eigenvalue weighted by Crippen LogP contribution is -2.03. The number of hydrogen-bond acceptors (Lipinski definition) is 2. The van der Waals surface area contributed by atoms with Crippen LogP contribution >= 0.6 is 34.8 Å². The maximum atomic E-state index is 10.6. The van der Waals surface area contributed by atoms with Crippen molar-refractivity contribution in [1.29, 1.82) is 0 Å². The molecule has 0 aliphatic rings. The van der Waals surface area contributed by atoms with Crippen LogP contribution in [-0.2, 0) is 11.2 Å². The predicted octanol–water partition coefficient (Wildman–Crippen LogP) is 4.34. The molecule has 0 atom stereocenters. The highest BCUT2D eigenvalue weighted by Gasteiger charge is 2.12. The maximum Gasteiger partial charge on any atom is 0.309 e. The van der Waals surface area contributed by atoms with Gasteiger partial charge in [0.15, 0.2) is 0 Å². The smallest absolute Gasteiger partial charge is 0.309 e. The van der Waals surface area contributed by atoms with Crippen LogP contribution in [0.3, 0.4) is 0 Å². The molecule has 6 heteroatoms. The number of hydrogen-bond donors (Lipinski definition) is 1. The molecule has 0 saturated carbocycles. The lowest BCUT2D eigenvalue weighted by Gasteiger charge is -2.08. The predicted molar refractivity (Wildman–Crippen MR) is 76.0 cm³/mol. The first kappa shape index (κ1) is 14.1. The summed E-state index contributed by atoms with van der Waals surface area (Å²) in [6.45, 7) is 0. The number of benzene rings is 1. The third-order valence-corrected chi connectivity index (χ3v) is 3.44. The maximum absolute atomic E-state index is 10.6. The summed E-state index contributed by atoms with van der Waals surface area (Å²) in [6.07, 6.45) is 1.28. The fraction of sp³-hybridized carbons (Fsp3) is 0.0769. The zero-order chi connectivity index (χ0) is 14.0. The molecule has 0 saturated heterocycles. The average molecular weight is 317 g/mol. The number of carboxylic acid groups (broad SMARTS) is 1. The number of rotatable bonds is 3. The molecule has 1 heterocycles. The van der Waals surface area contributed by atoms with E-state index in [-0.39, 0.29) is 11.4 Å². The molecule has 0 aliphatic heterocycles. The zero-order valence-corrected chi connectivity index (χ0v) is 11.8. The Kier molecular flexibility index (Phi) is 4.30. The normalized spacial score (nSPS) is 10.5. The molecule has 0 radical (unpaired) electrons. The minimum Gasteiger partial charge on any atom is -0.481 e. The van der Waals surface area contributed by atoms with Crippen LogP contribution in [0.15, 0.2) is 30.5 Å². The van der Waals surface area contributed by atoms with Crippen molar-refractivity contribution in [2.75, 3.05) is 0 Å². The molecule has 0 bridgehead atoms. The average Bonchev–Trinajstić information content (AvgIpc) is 2.32. The van der Waals surface area contributed by atoms with Gasteiger partial charge < -0.3 is 5.11 Å². The molecule has 3 nitrogen and oxygen atoms in total. The third kappa shape index (κ3) is 3.18. The molecule has 0 amide bonds. The van der Waals surface area contributed by atoms with Gasteiger partial charge >= 0.3 is 5.97 Å². The van der Waals surface area contributed by atoms with Gasteiger partial charge in [0.25, 0.3) is 0 Å². The van der Waals surface area contributed by atoms with E-state index in [0.717, 1.165) is 0 Å². The van der Waals surface area contributed by atoms with Gasteiger partial charge in [-0.05, 0) is 18.2 Å². The first-order valence-electron chi connectivity index (χ1n) is 5.29. The lowest BCUT2D eigenvalue weighted by molar-refractivity contribution is -0.136. The van der Waals surface area contributed by atoms with E-state index in [2.05, 4.69) is 4.98 Å². The Balaban J connectivity index is 2.48. The van der Waals surface area contributed by atoms with Gasteiger partial charge in [-0.15, -0.1) is 0 Å². The molecular weight excluding hydrogens is 309 g/mol. The van der Waals surface area contributed by atoms with E-state index in [4.69, 9.17) is 39.9 Å². The minimum absolute atomic E-state index is 0.227. The van der Waals surface area contributed by atoms with Crippen molar-refractivity contribution in [3.05, 3.63) is 51.2 Å². The van der Waals surface area contributed by atoms with Crippen molar-refractivity contribution in [2.45, 2.75) is 6.42 Å². The lowest BCUT2D eigenvalue weighted by atomic mass is 10.1. The number of aromatic nitrogens is 1. The minimum atomic E-state index is -0.988. The molecule has 2 rings (SSSR count). The molecule has 1 aromatic heterocycles. The van der Waals surface area contributed by atoms with E-state index < -0.39 is 5.97 Å². The van der Waals surface area contributed by atoms with E-state index in [1.165, 1.54) is 6.20 Å². The number of carbonyl (C=O) groups is 1. The van der Waals surface area contributed by atoms with Crippen molar-refractivity contribution in [3.63, 3.8) is 0 Å². The number of nitrogens with zero attached hydrogens (tertiary/aromatic N) is 1. The Hall–Kier alpha value is -1.29. The van der Waals surface area contributed by atoms with Crippen molar-refractivity contribution in [1.82, 2.24) is 4.98 Å². The summed E-state index contributed by atoms with van der Waals surface area (Å²) < 4.78 is 0. The van der Waals surface area contributed by atoms with Crippen LogP contribution in [-0.4, -0.2) is 16.1 Å². The largest absolute Gasteiger partial charge is 0.481 e. The van der Waals surface area contributed by atoms with E-state index in [9.17, 15) is 4.79 Å². The molecule has 0 spiro atoms. The van der Waals surface area contributed by atoms with Crippen molar-refractivity contribution >= 4 is 40.8 Å². The summed E-state index contributed by atoms with van der Waals surface area (Å²) >= 11 is 18.2. The van der Waals surface area contributed by atoms with Crippen LogP contribution in [0.1, 0.15) is 5.69 Å². The van der Waals surface area contributed by atoms with E-state index in [1.54, 1.807) is 24.3 Å². The van der Waals surface area contributed by atoms with E-state index in [1.807, 2.05) is 0 Å². The topological polar surface area (TPSA) is 50.2 Å². The molecule has 0 fully saturated rings. The number of pyridine rings is 1. The summed E-state index contributed by atoms with van der Waals surface area (Å²) in [6, 6.07) is 6.77. The summed E-state index contributed by atoms with van der Waals surface area (Å²) in [4.78, 5) is 14.7. The molecule has 1 aromatic carbocycles. The standard InChI is InChI=1S/C13H8Cl3NO2/c14-8-2-1-3-9(15)13(8)7-4-10(16)11(17-6-7)5-12(18)19/h1-4,6H,5H2,(H,18,19). The highest BCUT2D eigenvalue weighted by molar-refractivity contribution is 6.39. The van der Waals surface area contributed by atoms with Crippen LogP contribution in [0.25, 0.3) is 11.1 Å². The Labute approximate surface area is 124 Å². The Morgan fingerprint density at radius 1 is 1.16 bits per heavy atom. The van der Waals surface area contributed by atoms with Crippen LogP contribution in [0, 0.1) is 0 Å². The SMILES string of the molecule is O=C(O)Cc1ncc(-c2c(Cl)cccc2Cl)cc1Cl. The number of carboxylic acids is 1. The highest BCUT2D eigenvalue weighted by atomic mass is 35.5. The quantitative estimate of drug-likeness (QED) is 0.916. The second-order valence-electron chi connectivity index (χ2n) is 3.82. The Bertz CT molecular complexity index is 624. The summed E-state index contributed by atoms with van der Waals surface area (Å²) in [5.74, 6) is -0.988. The van der Waals surface area contributed by atoms with Gasteiger partial charge in [-0.2, -0.15) is 0 Å². The summed E-state index contributed by atoms with van der Waals surface area (Å²) in [5.41, 5.74) is 1.58. The van der Waals surface area contributed by atoms with Gasteiger partial charge in [-0.1, -0.05) is 40.9 Å². The van der Waals surface area contributed by atoms with Crippen molar-refractivity contribution < 1.29 is 9.90 Å². The van der Waals surface area contributed by atoms with Crippen LogP contribution in [0.2, 0.25) is 15.1 Å². The van der Waals surface area contributed by atoms with Crippen molar-refractivity contribution in [3.8, 4) is 11.1 Å². The molecular formula is C13H8Cl3NO2. The van der Waals surface area contributed by atoms with Gasteiger partial charge in [0.2, 0.25) is 0 Å². The molecule has 98 valence electrons. The van der Waals surface area contributed by atoms with Crippen molar-refractivity contribution in [2.24, 2.45) is 0 Å². The Morgan fingerprint density at radius 2 is 1.79 bits per heavy atom. The van der Waals surface area contributed by atoms with Crippen LogP contribution < -0.4 is 0 Å². The zero-order valence-electron chi connectivity index (χ0n) is 9.53. The van der Waals surface area contributed by atoms with Gasteiger partial charge in [-0.3, -0.25) is 9.78 Å². The Morgan fingerprint density at radius 3 is 2.32 bits per heavy atom. The first-order valence-corrected chi connectivity index (χ1v) is 6.43. The second kappa shape index (κ2) is 5.78. The van der Waals surface area contributed by atoms with Crippen LogP contribution in [0.5, 0.6) is 0 Å². The van der Waals surface area contributed by atoms with Gasteiger partial charge in [0.05, 0.1) is 17.1 Å². The van der Waals surface area contributed by atoms with E-state index in [0.29, 0.717) is 26.9 Å². The van der Waals surface area contributed by atoms with E-state index >= 15 is 0 Å². The fourth-order valence-electron chi connectivity index (χ4n) is 1.65. The third-order valence-electron chi connectivity index (χ3n) is 2.49. The monoisotopic (exact) mass is 315 g/mol. The number of aliphatic carboxylic acids is 1. The molecule has 19 heavy (non-hydrogen) atoms. The molecule has 0 unspecified atom stereocenters. The van der Waals surface area contributed by atoms with Gasteiger partial charge in [0, 0.05) is 27.4 Å². The first-order chi connectivity index (χ1) is 8.99. The second-order valence-corrected chi connectivity index (χ2v) is 5.04. The molecule has 1 N–H and O–H groups in total. The number of halogens is 3. The molecule has 0 aliphatic carbocycles. The summed E-state index contributed by atoms with van der Waals surface area (Å²) in [5, 5.41) is 9.96. The fourth-order valence-corrected chi connectivity index (χ4v) is 2.50. The summed E-state index contributed by atoms with van der Waals surface area (Å²) in [7, 11) is 0. The van der Waals surface area contributed by atoms with Gasteiger partial charge in [0.1, 0.15) is 0 Å². The van der Waals surface area contributed by atoms with Crippen LogP contribution in [0.4, 0.5) is 0 Å². The highest BCUT2D eigenvalue weighted by Crippen LogP contribution is 2.35. The van der Waals surface area contributed by atoms with Gasteiger partial charge in [-0.25, -0.2) is 0 Å². The molecule has 2 aromatic rings.